The number of ether oxygens (including phenoxy) is 3. The molecule has 1 fully saturated rings. The maximum atomic E-state index is 12.6. The summed E-state index contributed by atoms with van der Waals surface area (Å²) in [5.74, 6) is -0.921. The summed E-state index contributed by atoms with van der Waals surface area (Å²) in [6, 6.07) is -0.993. The van der Waals surface area contributed by atoms with Crippen molar-refractivity contribution in [1.82, 2.24) is 14.9 Å². The van der Waals surface area contributed by atoms with Gasteiger partial charge in [-0.25, -0.2) is 19.6 Å². The van der Waals surface area contributed by atoms with E-state index in [0.717, 1.165) is 6.33 Å². The van der Waals surface area contributed by atoms with Crippen molar-refractivity contribution in [3.8, 4) is 5.75 Å². The van der Waals surface area contributed by atoms with Gasteiger partial charge in [0.25, 0.3) is 0 Å². The van der Waals surface area contributed by atoms with E-state index in [1.807, 2.05) is 0 Å². The van der Waals surface area contributed by atoms with Gasteiger partial charge >= 0.3 is 12.1 Å². The minimum atomic E-state index is -0.993. The van der Waals surface area contributed by atoms with Crippen LogP contribution in [0.4, 0.5) is 4.79 Å². The molecule has 0 bridgehead atoms. The number of esters is 1. The molecule has 0 aliphatic carbocycles. The van der Waals surface area contributed by atoms with Gasteiger partial charge in [0.15, 0.2) is 16.3 Å². The predicted octanol–water partition coefficient (Wildman–Crippen LogP) is 2.71. The third-order valence-corrected chi connectivity index (χ3v) is 3.97. The van der Waals surface area contributed by atoms with Crippen LogP contribution in [0.1, 0.15) is 27.2 Å². The largest absolute Gasteiger partial charge is 0.444 e. The monoisotopic (exact) mass is 391 g/mol. The smallest absolute Gasteiger partial charge is 0.411 e. The summed E-state index contributed by atoms with van der Waals surface area (Å²) in [6.07, 6.45) is 0.433. The molecule has 0 N–H and O–H groups in total. The fraction of sp³-hybridized carbons (Fsp3) is 0.600. The molecule has 138 valence electrons. The normalized spacial score (nSPS) is 20.5. The Morgan fingerprint density at radius 3 is 2.36 bits per heavy atom. The number of rotatable bonds is 3. The Hall–Kier alpha value is -1.64. The number of halogens is 2. The average Bonchev–Trinajstić information content (AvgIpc) is 2.93. The van der Waals surface area contributed by atoms with Crippen LogP contribution in [0.2, 0.25) is 10.3 Å². The Kier molecular flexibility index (Phi) is 6.08. The Labute approximate surface area is 155 Å². The second-order valence-corrected chi connectivity index (χ2v) is 7.10. The molecule has 8 nitrogen and oxygen atoms in total. The molecule has 1 aliphatic heterocycles. The van der Waals surface area contributed by atoms with Gasteiger partial charge in [0, 0.05) is 13.7 Å². The van der Waals surface area contributed by atoms with Crippen molar-refractivity contribution >= 4 is 35.3 Å². The highest BCUT2D eigenvalue weighted by Crippen LogP contribution is 2.31. The zero-order valence-corrected chi connectivity index (χ0v) is 15.8. The van der Waals surface area contributed by atoms with Crippen LogP contribution in [-0.4, -0.2) is 58.3 Å². The van der Waals surface area contributed by atoms with E-state index in [4.69, 9.17) is 37.4 Å². The van der Waals surface area contributed by atoms with E-state index < -0.39 is 29.8 Å². The molecule has 1 aliphatic rings. The molecule has 1 amide bonds. The molecular formula is C15H19Cl2N3O5. The quantitative estimate of drug-likeness (QED) is 0.577. The summed E-state index contributed by atoms with van der Waals surface area (Å²) in [6.45, 7) is 5.51. The molecule has 10 heteroatoms. The number of methoxy groups -OCH3 is 1. The Morgan fingerprint density at radius 1 is 1.24 bits per heavy atom. The zero-order valence-electron chi connectivity index (χ0n) is 14.3. The second-order valence-electron chi connectivity index (χ2n) is 6.39. The molecule has 2 atom stereocenters. The van der Waals surface area contributed by atoms with Crippen LogP contribution in [0.25, 0.3) is 0 Å². The van der Waals surface area contributed by atoms with Crippen molar-refractivity contribution in [2.24, 2.45) is 0 Å². The van der Waals surface area contributed by atoms with Crippen molar-refractivity contribution in [2.45, 2.75) is 44.9 Å². The third-order valence-electron chi connectivity index (χ3n) is 3.43. The van der Waals surface area contributed by atoms with Crippen LogP contribution in [-0.2, 0) is 14.3 Å². The minimum absolute atomic E-state index is 0.107. The number of carbonyl (C=O) groups excluding carboxylic acids is 2. The maximum Gasteiger partial charge on any atom is 0.411 e. The molecule has 2 rings (SSSR count). The molecule has 0 aromatic carbocycles. The highest BCUT2D eigenvalue weighted by molar-refractivity contribution is 6.35. The van der Waals surface area contributed by atoms with Crippen LogP contribution < -0.4 is 4.74 Å². The van der Waals surface area contributed by atoms with E-state index in [0.29, 0.717) is 13.0 Å². The first-order valence-electron chi connectivity index (χ1n) is 7.54. The van der Waals surface area contributed by atoms with Gasteiger partial charge in [-0.15, -0.1) is 0 Å². The molecule has 0 radical (unpaired) electrons. The van der Waals surface area contributed by atoms with Gasteiger partial charge in [-0.2, -0.15) is 0 Å². The molecule has 0 saturated carbocycles. The SMILES string of the molecule is CO[C@H]1CCN(C(=O)OC(C)(C)C)[C@@H]1C(=O)Oc1c(Cl)ncnc1Cl. The van der Waals surface area contributed by atoms with E-state index >= 15 is 0 Å². The van der Waals surface area contributed by atoms with E-state index in [2.05, 4.69) is 9.97 Å². The van der Waals surface area contributed by atoms with Crippen molar-refractivity contribution in [3.63, 3.8) is 0 Å². The van der Waals surface area contributed by atoms with Crippen molar-refractivity contribution < 1.29 is 23.8 Å². The fourth-order valence-corrected chi connectivity index (χ4v) is 2.78. The van der Waals surface area contributed by atoms with Gasteiger partial charge in [-0.1, -0.05) is 23.2 Å². The number of hydrogen-bond donors (Lipinski definition) is 0. The van der Waals surface area contributed by atoms with E-state index in [1.54, 1.807) is 20.8 Å². The van der Waals surface area contributed by atoms with Crippen LogP contribution in [0.15, 0.2) is 6.33 Å². The first kappa shape index (κ1) is 19.7. The van der Waals surface area contributed by atoms with Crippen LogP contribution in [0.3, 0.4) is 0 Å². The van der Waals surface area contributed by atoms with Crippen molar-refractivity contribution in [3.05, 3.63) is 16.6 Å². The summed E-state index contributed by atoms with van der Waals surface area (Å²) in [5.41, 5.74) is -0.698. The average molecular weight is 392 g/mol. The summed E-state index contributed by atoms with van der Waals surface area (Å²) in [5, 5.41) is -0.215. The van der Waals surface area contributed by atoms with Crippen molar-refractivity contribution in [1.29, 1.82) is 0 Å². The number of aromatic nitrogens is 2. The third kappa shape index (κ3) is 4.71. The summed E-state index contributed by atoms with van der Waals surface area (Å²) in [4.78, 5) is 33.7. The Morgan fingerprint density at radius 2 is 1.84 bits per heavy atom. The maximum absolute atomic E-state index is 12.6. The van der Waals surface area contributed by atoms with E-state index in [1.165, 1.54) is 12.0 Å². The lowest BCUT2D eigenvalue weighted by molar-refractivity contribution is -0.142. The Balaban J connectivity index is 2.22. The molecule has 2 heterocycles. The second kappa shape index (κ2) is 7.72. The van der Waals surface area contributed by atoms with Gasteiger partial charge in [0.1, 0.15) is 11.9 Å². The van der Waals surface area contributed by atoms with Gasteiger partial charge in [0.2, 0.25) is 5.75 Å². The van der Waals surface area contributed by atoms with Gasteiger partial charge < -0.3 is 14.2 Å². The Bertz CT molecular complexity index is 645. The highest BCUT2D eigenvalue weighted by atomic mass is 35.5. The number of likely N-dealkylation sites (tertiary alicyclic amines) is 1. The number of nitrogens with zero attached hydrogens (tertiary/aromatic N) is 3. The lowest BCUT2D eigenvalue weighted by atomic mass is 10.1. The van der Waals surface area contributed by atoms with Crippen LogP contribution in [0.5, 0.6) is 5.75 Å². The number of hydrogen-bond acceptors (Lipinski definition) is 7. The highest BCUT2D eigenvalue weighted by Gasteiger charge is 2.45. The molecule has 1 aromatic rings. The molecular weight excluding hydrogens is 373 g/mol. The van der Waals surface area contributed by atoms with E-state index in [9.17, 15) is 9.59 Å². The predicted molar refractivity (Wildman–Crippen MR) is 89.8 cm³/mol. The molecule has 1 saturated heterocycles. The standard InChI is InChI=1S/C15H19Cl2N3O5/c1-15(2,3)25-14(22)20-6-5-8(23-4)9(20)13(21)24-10-11(16)18-7-19-12(10)17/h7-9H,5-6H2,1-4H3/t8-,9-/m0/s1. The van der Waals surface area contributed by atoms with Gasteiger partial charge in [0.05, 0.1) is 6.10 Å². The molecule has 0 unspecified atom stereocenters. The van der Waals surface area contributed by atoms with Crippen molar-refractivity contribution in [2.75, 3.05) is 13.7 Å². The minimum Gasteiger partial charge on any atom is -0.444 e. The van der Waals surface area contributed by atoms with Gasteiger partial charge in [-0.3, -0.25) is 4.90 Å². The summed E-state index contributed by atoms with van der Waals surface area (Å²) < 4.78 is 15.9. The summed E-state index contributed by atoms with van der Waals surface area (Å²) in [7, 11) is 1.45. The molecule has 0 spiro atoms. The lowest BCUT2D eigenvalue weighted by Gasteiger charge is -2.28. The van der Waals surface area contributed by atoms with E-state index in [-0.39, 0.29) is 16.1 Å². The number of amides is 1. The number of carbonyl (C=O) groups is 2. The lowest BCUT2D eigenvalue weighted by Crippen LogP contribution is -2.49. The topological polar surface area (TPSA) is 90.8 Å². The molecule has 25 heavy (non-hydrogen) atoms. The summed E-state index contributed by atoms with van der Waals surface area (Å²) >= 11 is 11.8. The fourth-order valence-electron chi connectivity index (χ4n) is 2.39. The first-order valence-corrected chi connectivity index (χ1v) is 8.29. The van der Waals surface area contributed by atoms with Crippen LogP contribution in [0, 0.1) is 0 Å². The molecule has 1 aromatic heterocycles. The van der Waals surface area contributed by atoms with Crippen LogP contribution >= 0.6 is 23.2 Å². The van der Waals surface area contributed by atoms with Gasteiger partial charge in [-0.05, 0) is 27.2 Å². The first-order chi connectivity index (χ1) is 11.6. The zero-order chi connectivity index (χ0) is 18.8.